The van der Waals surface area contributed by atoms with Crippen LogP contribution >= 0.6 is 11.3 Å². The molecule has 2 saturated heterocycles. The predicted octanol–water partition coefficient (Wildman–Crippen LogP) is 4.60. The molecule has 2 aliphatic heterocycles. The molecule has 0 spiro atoms. The number of urea groups is 1. The Bertz CT molecular complexity index is 1070. The van der Waals surface area contributed by atoms with E-state index >= 15 is 0 Å². The fourth-order valence-corrected chi connectivity index (χ4v) is 5.94. The summed E-state index contributed by atoms with van der Waals surface area (Å²) in [6.45, 7) is 3.01. The minimum Gasteiger partial charge on any atom is -0.431 e. The molecule has 3 atom stereocenters. The smallest absolute Gasteiger partial charge is 0.315 e. The molecule has 2 bridgehead atoms. The highest BCUT2D eigenvalue weighted by molar-refractivity contribution is 7.20. The van der Waals surface area contributed by atoms with Gasteiger partial charge >= 0.3 is 6.03 Å². The van der Waals surface area contributed by atoms with Crippen molar-refractivity contribution >= 4 is 27.6 Å². The lowest BCUT2D eigenvalue weighted by atomic mass is 9.97. The van der Waals surface area contributed by atoms with Gasteiger partial charge in [0.1, 0.15) is 5.75 Å². The predicted molar refractivity (Wildman–Crippen MR) is 124 cm³/mol. The number of fused-ring (bicyclic) bond motifs is 3. The van der Waals surface area contributed by atoms with E-state index in [2.05, 4.69) is 41.5 Å². The molecule has 2 amide bonds. The van der Waals surface area contributed by atoms with Crippen LogP contribution in [0.2, 0.25) is 0 Å². The molecule has 3 heterocycles. The van der Waals surface area contributed by atoms with Crippen LogP contribution in [0.4, 0.5) is 4.79 Å². The van der Waals surface area contributed by atoms with Crippen molar-refractivity contribution in [2.45, 2.75) is 57.2 Å². The molecule has 2 fully saturated rings. The number of ether oxygens (including phenoxy) is 1. The van der Waals surface area contributed by atoms with Gasteiger partial charge in [0.05, 0.1) is 10.2 Å². The summed E-state index contributed by atoms with van der Waals surface area (Å²) in [7, 11) is 0. The molecule has 6 nitrogen and oxygen atoms in total. The normalized spacial score (nSPS) is 22.7. The molecule has 0 saturated carbocycles. The second-order valence-corrected chi connectivity index (χ2v) is 9.69. The van der Waals surface area contributed by atoms with Gasteiger partial charge in [-0.15, -0.1) is 0 Å². The zero-order valence-electron chi connectivity index (χ0n) is 17.7. The maximum absolute atomic E-state index is 11.6. The van der Waals surface area contributed by atoms with Gasteiger partial charge in [0.25, 0.3) is 5.19 Å². The largest absolute Gasteiger partial charge is 0.431 e. The lowest BCUT2D eigenvalue weighted by molar-refractivity contribution is 0.138. The van der Waals surface area contributed by atoms with Gasteiger partial charge in [-0.05, 0) is 81.0 Å². The number of carbonyl (C=O) groups excluding carboxylic acids is 1. The van der Waals surface area contributed by atoms with Crippen LogP contribution in [0.5, 0.6) is 10.9 Å². The molecule has 0 unspecified atom stereocenters. The van der Waals surface area contributed by atoms with Crippen LogP contribution in [-0.2, 0) is 6.42 Å². The molecular formula is C24H28N4O2S. The van der Waals surface area contributed by atoms with Crippen molar-refractivity contribution < 1.29 is 9.53 Å². The molecule has 0 aliphatic carbocycles. The van der Waals surface area contributed by atoms with Crippen LogP contribution in [0.15, 0.2) is 42.5 Å². The molecule has 5 rings (SSSR count). The Morgan fingerprint density at radius 2 is 1.94 bits per heavy atom. The number of aromatic nitrogens is 1. The first kappa shape index (κ1) is 20.3. The van der Waals surface area contributed by atoms with Crippen LogP contribution in [0.25, 0.3) is 10.2 Å². The van der Waals surface area contributed by atoms with Gasteiger partial charge in [0.15, 0.2) is 0 Å². The summed E-state index contributed by atoms with van der Waals surface area (Å²) >= 11 is 1.57. The molecule has 7 heteroatoms. The molecule has 2 aliphatic rings. The third-order valence-electron chi connectivity index (χ3n) is 6.49. The van der Waals surface area contributed by atoms with Crippen LogP contribution in [0.1, 0.15) is 36.8 Å². The average molecular weight is 437 g/mol. The maximum Gasteiger partial charge on any atom is 0.315 e. The number of nitrogens with one attached hydrogen (secondary N) is 1. The summed E-state index contributed by atoms with van der Waals surface area (Å²) in [5, 5.41) is 4.36. The van der Waals surface area contributed by atoms with Crippen molar-refractivity contribution in [3.63, 3.8) is 0 Å². The van der Waals surface area contributed by atoms with Crippen LogP contribution in [-0.4, -0.2) is 40.6 Å². The second-order valence-electron chi connectivity index (χ2n) is 8.70. The maximum atomic E-state index is 11.6. The number of nitrogens with zero attached hydrogens (tertiary/aromatic N) is 2. The Balaban J connectivity index is 1.12. The number of rotatable bonds is 6. The monoisotopic (exact) mass is 436 g/mol. The molecular weight excluding hydrogens is 408 g/mol. The Kier molecular flexibility index (Phi) is 5.54. The molecule has 2 aromatic carbocycles. The average Bonchev–Trinajstić information content (AvgIpc) is 3.26. The minimum absolute atomic E-state index is 0.255. The summed E-state index contributed by atoms with van der Waals surface area (Å²) in [4.78, 5) is 18.1. The Morgan fingerprint density at radius 3 is 2.65 bits per heavy atom. The van der Waals surface area contributed by atoms with E-state index in [1.807, 2.05) is 23.1 Å². The lowest BCUT2D eigenvalue weighted by Gasteiger charge is -2.38. The number of aryl methyl sites for hydroxylation is 1. The Labute approximate surface area is 186 Å². The van der Waals surface area contributed by atoms with E-state index in [4.69, 9.17) is 10.5 Å². The SMILES string of the molecule is Cc1ccc2nc(Oc3ccc(CCN[C@@H]4C[C@H]5CC[C@@H](C4)N5C(N)=O)cc3)sc2c1. The van der Waals surface area contributed by atoms with Crippen molar-refractivity contribution in [2.24, 2.45) is 5.73 Å². The number of thiazole rings is 1. The summed E-state index contributed by atoms with van der Waals surface area (Å²) in [6.07, 6.45) is 5.15. The summed E-state index contributed by atoms with van der Waals surface area (Å²) in [5.41, 5.74) is 9.03. The minimum atomic E-state index is -0.255. The van der Waals surface area contributed by atoms with Gasteiger partial charge in [-0.3, -0.25) is 0 Å². The zero-order chi connectivity index (χ0) is 21.4. The molecule has 0 radical (unpaired) electrons. The van der Waals surface area contributed by atoms with Crippen molar-refractivity contribution in [1.29, 1.82) is 0 Å². The van der Waals surface area contributed by atoms with Gasteiger partial charge < -0.3 is 20.7 Å². The molecule has 162 valence electrons. The van der Waals surface area contributed by atoms with Crippen LogP contribution in [0, 0.1) is 6.92 Å². The molecule has 1 aromatic heterocycles. The zero-order valence-corrected chi connectivity index (χ0v) is 18.5. The molecule has 3 aromatic rings. The Hall–Kier alpha value is -2.64. The first-order chi connectivity index (χ1) is 15.0. The lowest BCUT2D eigenvalue weighted by Crippen LogP contribution is -2.53. The van der Waals surface area contributed by atoms with E-state index < -0.39 is 0 Å². The van der Waals surface area contributed by atoms with Crippen molar-refractivity contribution in [3.8, 4) is 10.9 Å². The van der Waals surface area contributed by atoms with E-state index in [1.54, 1.807) is 11.3 Å². The first-order valence-corrected chi connectivity index (χ1v) is 11.8. The molecule has 31 heavy (non-hydrogen) atoms. The highest BCUT2D eigenvalue weighted by Crippen LogP contribution is 2.35. The van der Waals surface area contributed by atoms with Gasteiger partial charge in [0.2, 0.25) is 0 Å². The highest BCUT2D eigenvalue weighted by Gasteiger charge is 2.42. The number of carbonyl (C=O) groups is 1. The van der Waals surface area contributed by atoms with Crippen LogP contribution in [0.3, 0.4) is 0 Å². The Morgan fingerprint density at radius 1 is 1.19 bits per heavy atom. The number of piperidine rings is 1. The number of amides is 2. The van der Waals surface area contributed by atoms with Crippen LogP contribution < -0.4 is 15.8 Å². The van der Waals surface area contributed by atoms with E-state index in [1.165, 1.54) is 11.1 Å². The summed E-state index contributed by atoms with van der Waals surface area (Å²) in [5.74, 6) is 0.808. The van der Waals surface area contributed by atoms with E-state index in [9.17, 15) is 4.79 Å². The van der Waals surface area contributed by atoms with E-state index in [-0.39, 0.29) is 6.03 Å². The third kappa shape index (κ3) is 4.38. The van der Waals surface area contributed by atoms with E-state index in [0.29, 0.717) is 23.3 Å². The first-order valence-electron chi connectivity index (χ1n) is 11.0. The van der Waals surface area contributed by atoms with Crippen molar-refractivity contribution in [2.75, 3.05) is 6.54 Å². The van der Waals surface area contributed by atoms with Crippen molar-refractivity contribution in [1.82, 2.24) is 15.2 Å². The number of primary amides is 1. The summed E-state index contributed by atoms with van der Waals surface area (Å²) in [6, 6.07) is 15.4. The number of hydrogen-bond acceptors (Lipinski definition) is 5. The number of hydrogen-bond donors (Lipinski definition) is 2. The standard InChI is InChI=1S/C24H28N4O2S/c1-15-2-9-21-22(12-15)31-24(27-21)30-20-7-3-16(4-8-20)10-11-26-17-13-18-5-6-19(14-17)28(18)23(25)29/h2-4,7-9,12,17-19,26H,5-6,10-11,13-14H2,1H3,(H2,25,29)/t17-,18-,19+. The molecule has 3 N–H and O–H groups in total. The fourth-order valence-electron chi connectivity index (χ4n) is 5.00. The van der Waals surface area contributed by atoms with Gasteiger partial charge in [-0.2, -0.15) is 0 Å². The van der Waals surface area contributed by atoms with E-state index in [0.717, 1.165) is 54.6 Å². The summed E-state index contributed by atoms with van der Waals surface area (Å²) < 4.78 is 7.11. The third-order valence-corrected chi connectivity index (χ3v) is 7.38. The second kappa shape index (κ2) is 8.48. The van der Waals surface area contributed by atoms with Gasteiger partial charge in [-0.25, -0.2) is 9.78 Å². The topological polar surface area (TPSA) is 80.5 Å². The van der Waals surface area contributed by atoms with Gasteiger partial charge in [-0.1, -0.05) is 29.5 Å². The highest BCUT2D eigenvalue weighted by atomic mass is 32.1. The van der Waals surface area contributed by atoms with Gasteiger partial charge in [0, 0.05) is 18.1 Å². The number of benzene rings is 2. The quantitative estimate of drug-likeness (QED) is 0.592. The van der Waals surface area contributed by atoms with Crippen molar-refractivity contribution in [3.05, 3.63) is 53.6 Å². The number of nitrogens with two attached hydrogens (primary N) is 1. The fraction of sp³-hybridized carbons (Fsp3) is 0.417.